The van der Waals surface area contributed by atoms with E-state index in [2.05, 4.69) is 0 Å². The van der Waals surface area contributed by atoms with Gasteiger partial charge in [-0.2, -0.15) is 0 Å². The van der Waals surface area contributed by atoms with Crippen molar-refractivity contribution in [3.05, 3.63) is 107 Å². The molecule has 4 N–H and O–H groups in total. The molecule has 2 amide bonds. The van der Waals surface area contributed by atoms with E-state index >= 15 is 0 Å². The standard InChI is InChI=1S/2C26H32N2O6S/c2*1-17-5-8-20(9-6-17)35(31,32)28-16-19(15-26(11-12-26)24(27)30)33-22-10-7-18(13-21(22)28)14-23(29)34-25(2,3)4/h2*5-10,13,19H,11-12,14-16H2,1-4H3,(H2,27,30)/t2*19-/m10/s1. The van der Waals surface area contributed by atoms with Crippen LogP contribution in [0.2, 0.25) is 0 Å². The van der Waals surface area contributed by atoms with Gasteiger partial charge in [-0.3, -0.25) is 27.8 Å². The van der Waals surface area contributed by atoms with Crippen molar-refractivity contribution in [2.45, 2.75) is 140 Å². The molecule has 376 valence electrons. The van der Waals surface area contributed by atoms with E-state index in [9.17, 15) is 36.0 Å². The highest BCUT2D eigenvalue weighted by Gasteiger charge is 2.53. The third kappa shape index (κ3) is 12.1. The smallest absolute Gasteiger partial charge is 0.310 e. The van der Waals surface area contributed by atoms with E-state index < -0.39 is 66.2 Å². The van der Waals surface area contributed by atoms with Crippen molar-refractivity contribution in [1.82, 2.24) is 0 Å². The Bertz CT molecular complexity index is 2680. The van der Waals surface area contributed by atoms with E-state index in [0.29, 0.717) is 72.5 Å². The molecule has 4 aliphatic rings. The summed E-state index contributed by atoms with van der Waals surface area (Å²) in [4.78, 5) is 49.0. The number of hydrogen-bond acceptors (Lipinski definition) is 12. The average Bonchev–Trinajstić information content (AvgIpc) is 4.20. The summed E-state index contributed by atoms with van der Waals surface area (Å²) in [5.41, 5.74) is 12.5. The lowest BCUT2D eigenvalue weighted by atomic mass is 9.96. The molecule has 4 aromatic rings. The van der Waals surface area contributed by atoms with Gasteiger partial charge < -0.3 is 30.4 Å². The van der Waals surface area contributed by atoms with Crippen LogP contribution in [0, 0.1) is 24.7 Å². The molecule has 0 unspecified atom stereocenters. The van der Waals surface area contributed by atoms with Crippen molar-refractivity contribution in [3.63, 3.8) is 0 Å². The van der Waals surface area contributed by atoms with Gasteiger partial charge in [0.1, 0.15) is 34.9 Å². The molecule has 16 nitrogen and oxygen atoms in total. The first-order valence-corrected chi connectivity index (χ1v) is 26.3. The molecule has 0 spiro atoms. The predicted molar refractivity (Wildman–Crippen MR) is 263 cm³/mol. The Morgan fingerprint density at radius 2 is 0.900 bits per heavy atom. The first-order valence-electron chi connectivity index (χ1n) is 23.4. The molecule has 4 aromatic carbocycles. The Morgan fingerprint density at radius 3 is 1.19 bits per heavy atom. The first-order chi connectivity index (χ1) is 32.6. The molecular formula is C52H64N4O12S2. The number of nitrogens with two attached hydrogens (primary N) is 2. The van der Waals surface area contributed by atoms with Crippen LogP contribution in [0.3, 0.4) is 0 Å². The van der Waals surface area contributed by atoms with Gasteiger partial charge >= 0.3 is 11.9 Å². The number of sulfonamides is 2. The molecule has 2 fully saturated rings. The molecule has 18 heteroatoms. The van der Waals surface area contributed by atoms with Crippen molar-refractivity contribution in [2.24, 2.45) is 22.3 Å². The number of ether oxygens (including phenoxy) is 4. The lowest BCUT2D eigenvalue weighted by Crippen LogP contribution is -2.45. The number of benzene rings is 4. The summed E-state index contributed by atoms with van der Waals surface area (Å²) in [7, 11) is -7.87. The fourth-order valence-corrected chi connectivity index (χ4v) is 11.6. The molecule has 2 saturated carbocycles. The molecule has 2 atom stereocenters. The zero-order chi connectivity index (χ0) is 51.2. The highest BCUT2D eigenvalue weighted by molar-refractivity contribution is 7.93. The van der Waals surface area contributed by atoms with Crippen LogP contribution < -0.4 is 29.6 Å². The summed E-state index contributed by atoms with van der Waals surface area (Å²) in [6.07, 6.45) is 2.33. The van der Waals surface area contributed by atoms with Crippen LogP contribution in [-0.2, 0) is 61.5 Å². The second kappa shape index (κ2) is 19.2. The van der Waals surface area contributed by atoms with Crippen LogP contribution >= 0.6 is 0 Å². The van der Waals surface area contributed by atoms with E-state index in [1.54, 1.807) is 126 Å². The minimum Gasteiger partial charge on any atom is -0.486 e. The van der Waals surface area contributed by atoms with Crippen LogP contribution in [0.1, 0.15) is 102 Å². The van der Waals surface area contributed by atoms with E-state index in [0.717, 1.165) is 11.1 Å². The first kappa shape index (κ1) is 51.7. The number of amides is 2. The molecule has 70 heavy (non-hydrogen) atoms. The molecule has 2 aliphatic carbocycles. The fraction of sp³-hybridized carbons (Fsp3) is 0.462. The summed E-state index contributed by atoms with van der Waals surface area (Å²) in [6.45, 7) is 14.6. The third-order valence-electron chi connectivity index (χ3n) is 12.7. The minimum absolute atomic E-state index is 0.00279. The van der Waals surface area contributed by atoms with E-state index in [-0.39, 0.29) is 47.5 Å². The Labute approximate surface area is 411 Å². The van der Waals surface area contributed by atoms with Crippen molar-refractivity contribution >= 4 is 55.2 Å². The molecule has 0 bridgehead atoms. The zero-order valence-corrected chi connectivity index (χ0v) is 42.7. The summed E-state index contributed by atoms with van der Waals surface area (Å²) < 4.78 is 80.7. The summed E-state index contributed by atoms with van der Waals surface area (Å²) >= 11 is 0. The van der Waals surface area contributed by atoms with Crippen LogP contribution in [0.15, 0.2) is 94.7 Å². The van der Waals surface area contributed by atoms with Gasteiger partial charge in [0.05, 0.1) is 57.9 Å². The highest BCUT2D eigenvalue weighted by atomic mass is 32.2. The minimum atomic E-state index is -3.93. The van der Waals surface area contributed by atoms with Crippen LogP contribution in [-0.4, -0.2) is 77.1 Å². The number of fused-ring (bicyclic) bond motifs is 2. The maximum atomic E-state index is 13.7. The number of carbonyl (C=O) groups excluding carboxylic acids is 4. The monoisotopic (exact) mass is 1000 g/mol. The summed E-state index contributed by atoms with van der Waals surface area (Å²) in [5.74, 6) is -0.815. The Morgan fingerprint density at radius 1 is 0.571 bits per heavy atom. The molecular weight excluding hydrogens is 937 g/mol. The van der Waals surface area contributed by atoms with Gasteiger partial charge in [0.2, 0.25) is 11.8 Å². The Hall–Kier alpha value is -6.14. The summed E-state index contributed by atoms with van der Waals surface area (Å²) in [5, 5.41) is 0. The van der Waals surface area contributed by atoms with Gasteiger partial charge in [-0.05, 0) is 141 Å². The SMILES string of the molecule is Cc1ccc(S(=O)(=O)N2C[C@@H](CC3(C(N)=O)CC3)Oc3ccc(CC(=O)OC(C)(C)C)cc32)cc1.Cc1ccc(S(=O)(=O)N2C[C@H](CC3(C(N)=O)CC3)Oc3ccc(CC(=O)OC(C)(C)C)cc32)cc1. The molecule has 0 radical (unpaired) electrons. The largest absolute Gasteiger partial charge is 0.486 e. The molecule has 0 aromatic heterocycles. The fourth-order valence-electron chi connectivity index (χ4n) is 8.64. The number of primary amides is 2. The highest BCUT2D eigenvalue weighted by Crippen LogP contribution is 2.52. The van der Waals surface area contributed by atoms with Crippen LogP contribution in [0.5, 0.6) is 11.5 Å². The number of hydrogen-bond donors (Lipinski definition) is 2. The van der Waals surface area contributed by atoms with Crippen molar-refractivity contribution in [1.29, 1.82) is 0 Å². The van der Waals surface area contributed by atoms with Crippen molar-refractivity contribution in [3.8, 4) is 11.5 Å². The third-order valence-corrected chi connectivity index (χ3v) is 16.2. The zero-order valence-electron chi connectivity index (χ0n) is 41.1. The van der Waals surface area contributed by atoms with Gasteiger partial charge in [-0.1, -0.05) is 47.5 Å². The van der Waals surface area contributed by atoms with Gasteiger partial charge in [0, 0.05) is 12.8 Å². The normalized spacial score (nSPS) is 18.9. The molecule has 2 heterocycles. The van der Waals surface area contributed by atoms with Crippen molar-refractivity contribution in [2.75, 3.05) is 21.7 Å². The number of aryl methyl sites for hydroxylation is 2. The molecule has 8 rings (SSSR count). The number of nitrogens with zero attached hydrogens (tertiary/aromatic N) is 2. The van der Waals surface area contributed by atoms with E-state index in [1.165, 1.54) is 8.61 Å². The Balaban J connectivity index is 0.000000206. The second-order valence-corrected chi connectivity index (χ2v) is 24.7. The van der Waals surface area contributed by atoms with Crippen LogP contribution in [0.4, 0.5) is 11.4 Å². The van der Waals surface area contributed by atoms with Gasteiger partial charge in [-0.25, -0.2) is 16.8 Å². The Kier molecular flexibility index (Phi) is 14.2. The maximum Gasteiger partial charge on any atom is 0.310 e. The maximum absolute atomic E-state index is 13.7. The van der Waals surface area contributed by atoms with Gasteiger partial charge in [0.25, 0.3) is 20.0 Å². The lowest BCUT2D eigenvalue weighted by molar-refractivity contribution is -0.155. The average molecular weight is 1000 g/mol. The topological polar surface area (TPSA) is 232 Å². The number of rotatable bonds is 14. The second-order valence-electron chi connectivity index (χ2n) is 21.0. The molecule has 0 saturated heterocycles. The quantitative estimate of drug-likeness (QED) is 0.122. The summed E-state index contributed by atoms with van der Waals surface area (Å²) in [6, 6.07) is 23.4. The van der Waals surface area contributed by atoms with E-state index in [1.807, 2.05) is 13.8 Å². The number of anilines is 2. The van der Waals surface area contributed by atoms with Crippen molar-refractivity contribution < 1.29 is 55.0 Å². The van der Waals surface area contributed by atoms with Crippen LogP contribution in [0.25, 0.3) is 0 Å². The number of esters is 2. The van der Waals surface area contributed by atoms with Gasteiger partial charge in [-0.15, -0.1) is 0 Å². The van der Waals surface area contributed by atoms with E-state index in [4.69, 9.17) is 30.4 Å². The lowest BCUT2D eigenvalue weighted by Gasteiger charge is -2.37. The molecule has 2 aliphatic heterocycles. The number of carbonyl (C=O) groups is 4. The van der Waals surface area contributed by atoms with Gasteiger partial charge in [0.15, 0.2) is 0 Å². The predicted octanol–water partition coefficient (Wildman–Crippen LogP) is 6.98.